The van der Waals surface area contributed by atoms with Crippen LogP contribution in [0.2, 0.25) is 0 Å². The Morgan fingerprint density at radius 1 is 1.43 bits per heavy atom. The molecule has 1 heterocycles. The minimum Gasteiger partial charge on any atom is -0.482 e. The lowest BCUT2D eigenvalue weighted by molar-refractivity contribution is -0.120. The van der Waals surface area contributed by atoms with Crippen molar-refractivity contribution in [3.63, 3.8) is 0 Å². The van der Waals surface area contributed by atoms with Crippen LogP contribution in [-0.2, 0) is 17.9 Å². The van der Waals surface area contributed by atoms with Gasteiger partial charge in [0.1, 0.15) is 0 Å². The molecule has 2 aromatic rings. The molecule has 3 N–H and O–H groups in total. The van der Waals surface area contributed by atoms with Crippen LogP contribution < -0.4 is 15.8 Å². The molecule has 0 aliphatic heterocycles. The smallest absolute Gasteiger partial charge is 0.246 e. The summed E-state index contributed by atoms with van der Waals surface area (Å²) in [6.07, 6.45) is 0. The van der Waals surface area contributed by atoms with Crippen molar-refractivity contribution in [3.8, 4) is 5.75 Å². The second-order valence-corrected chi connectivity index (χ2v) is 3.80. The van der Waals surface area contributed by atoms with Gasteiger partial charge < -0.3 is 20.3 Å². The van der Waals surface area contributed by atoms with Crippen LogP contribution in [0.4, 0.5) is 4.39 Å². The molecule has 0 radical (unpaired) electrons. The van der Waals surface area contributed by atoms with E-state index in [2.05, 4.69) is 15.5 Å². The Labute approximate surface area is 126 Å². The number of amides is 1. The Kier molecular flexibility index (Phi) is 6.57. The van der Waals surface area contributed by atoms with Crippen molar-refractivity contribution in [3.05, 3.63) is 41.8 Å². The van der Waals surface area contributed by atoms with Gasteiger partial charge in [-0.15, -0.1) is 12.4 Å². The van der Waals surface area contributed by atoms with Crippen LogP contribution in [0.1, 0.15) is 11.7 Å². The summed E-state index contributed by atoms with van der Waals surface area (Å²) >= 11 is 0. The summed E-state index contributed by atoms with van der Waals surface area (Å²) in [6.45, 7) is -0.0601. The van der Waals surface area contributed by atoms with Gasteiger partial charge in [0.2, 0.25) is 17.6 Å². The number of carbonyl (C=O) groups is 1. The fourth-order valence-corrected chi connectivity index (χ4v) is 1.37. The van der Waals surface area contributed by atoms with Crippen molar-refractivity contribution in [2.24, 2.45) is 5.73 Å². The highest BCUT2D eigenvalue weighted by Crippen LogP contribution is 2.16. The van der Waals surface area contributed by atoms with Crippen molar-refractivity contribution in [1.29, 1.82) is 0 Å². The number of carbonyl (C=O) groups excluding carboxylic acids is 1. The molecule has 0 fully saturated rings. The zero-order chi connectivity index (χ0) is 14.4. The number of rotatable bonds is 6. The maximum absolute atomic E-state index is 13.3. The van der Waals surface area contributed by atoms with E-state index in [1.807, 2.05) is 0 Å². The summed E-state index contributed by atoms with van der Waals surface area (Å²) in [5.74, 6) is -0.210. The number of hydrogen-bond acceptors (Lipinski definition) is 6. The zero-order valence-electron chi connectivity index (χ0n) is 10.9. The number of nitrogens with two attached hydrogens (primary N) is 1. The first-order chi connectivity index (χ1) is 9.69. The maximum Gasteiger partial charge on any atom is 0.246 e. The number of hydrogen-bond donors (Lipinski definition) is 2. The zero-order valence-corrected chi connectivity index (χ0v) is 11.7. The molecule has 1 amide bonds. The second-order valence-electron chi connectivity index (χ2n) is 3.80. The Hall–Kier alpha value is -2.19. The molecule has 0 unspecified atom stereocenters. The lowest BCUT2D eigenvalue weighted by Crippen LogP contribution is -2.29. The summed E-state index contributed by atoms with van der Waals surface area (Å²) < 4.78 is 23.4. The monoisotopic (exact) mass is 316 g/mol. The first kappa shape index (κ1) is 16.9. The Balaban J connectivity index is 0.00000220. The molecule has 2 rings (SSSR count). The van der Waals surface area contributed by atoms with Crippen molar-refractivity contribution in [1.82, 2.24) is 15.5 Å². The molecule has 0 bridgehead atoms. The Morgan fingerprint density at radius 2 is 2.19 bits per heavy atom. The lowest BCUT2D eigenvalue weighted by atomic mass is 10.3. The molecule has 0 spiro atoms. The molecule has 1 aromatic heterocycles. The normalized spacial score (nSPS) is 9.81. The number of benzene rings is 1. The van der Waals surface area contributed by atoms with Crippen LogP contribution in [-0.4, -0.2) is 22.6 Å². The SMILES string of the molecule is Cl.NCC(=O)NCc1nc(COc2ccccc2F)no1. The average Bonchev–Trinajstić information content (AvgIpc) is 2.92. The lowest BCUT2D eigenvalue weighted by Gasteiger charge is -2.03. The van der Waals surface area contributed by atoms with Crippen molar-refractivity contribution in [2.45, 2.75) is 13.2 Å². The van der Waals surface area contributed by atoms with Crippen molar-refractivity contribution >= 4 is 18.3 Å². The molecule has 0 saturated carbocycles. The molecular formula is C12H14ClFN4O3. The molecule has 114 valence electrons. The van der Waals surface area contributed by atoms with Crippen LogP contribution in [0.5, 0.6) is 5.75 Å². The summed E-state index contributed by atoms with van der Waals surface area (Å²) in [4.78, 5) is 14.9. The molecule has 0 saturated heterocycles. The highest BCUT2D eigenvalue weighted by atomic mass is 35.5. The predicted molar refractivity (Wildman–Crippen MR) is 73.2 cm³/mol. The van der Waals surface area contributed by atoms with Crippen molar-refractivity contribution < 1.29 is 18.4 Å². The van der Waals surface area contributed by atoms with E-state index in [1.165, 1.54) is 12.1 Å². The van der Waals surface area contributed by atoms with Crippen LogP contribution in [0.3, 0.4) is 0 Å². The highest BCUT2D eigenvalue weighted by molar-refractivity contribution is 5.85. The third-order valence-corrected chi connectivity index (χ3v) is 2.33. The number of nitrogens with zero attached hydrogens (tertiary/aromatic N) is 2. The summed E-state index contributed by atoms with van der Waals surface area (Å²) in [7, 11) is 0. The van der Waals surface area contributed by atoms with Gasteiger partial charge in [0.25, 0.3) is 0 Å². The maximum atomic E-state index is 13.3. The third-order valence-electron chi connectivity index (χ3n) is 2.33. The summed E-state index contributed by atoms with van der Waals surface area (Å²) in [6, 6.07) is 6.01. The number of halogens is 2. The first-order valence-corrected chi connectivity index (χ1v) is 5.84. The topological polar surface area (TPSA) is 103 Å². The van der Waals surface area contributed by atoms with Gasteiger partial charge in [-0.1, -0.05) is 17.3 Å². The van der Waals surface area contributed by atoms with Gasteiger partial charge in [-0.25, -0.2) is 4.39 Å². The van der Waals surface area contributed by atoms with Gasteiger partial charge in [-0.2, -0.15) is 4.98 Å². The number of para-hydroxylation sites is 1. The predicted octanol–water partition coefficient (Wildman–Crippen LogP) is 0.784. The largest absolute Gasteiger partial charge is 0.482 e. The summed E-state index contributed by atoms with van der Waals surface area (Å²) in [5.41, 5.74) is 5.13. The van der Waals surface area contributed by atoms with Gasteiger partial charge in [-0.3, -0.25) is 4.79 Å². The molecule has 0 aliphatic rings. The van der Waals surface area contributed by atoms with E-state index < -0.39 is 5.82 Å². The van der Waals surface area contributed by atoms with Gasteiger partial charge in [0, 0.05) is 0 Å². The highest BCUT2D eigenvalue weighted by Gasteiger charge is 2.09. The Bertz CT molecular complexity index is 593. The van der Waals surface area contributed by atoms with Gasteiger partial charge in [0.05, 0.1) is 13.1 Å². The molecular weight excluding hydrogens is 303 g/mol. The molecule has 7 nitrogen and oxygen atoms in total. The quantitative estimate of drug-likeness (QED) is 0.816. The molecule has 21 heavy (non-hydrogen) atoms. The second kappa shape index (κ2) is 8.18. The minimum atomic E-state index is -0.466. The van der Waals surface area contributed by atoms with Gasteiger partial charge >= 0.3 is 0 Å². The molecule has 1 aromatic carbocycles. The standard InChI is InChI=1S/C12H13FN4O3.ClH/c13-8-3-1-2-4-9(8)19-7-10-16-12(20-17-10)6-15-11(18)5-14;/h1-4H,5-7,14H2,(H,15,18);1H. The van der Waals surface area contributed by atoms with Crippen LogP contribution in [0.15, 0.2) is 28.8 Å². The third kappa shape index (κ3) is 5.01. The Morgan fingerprint density at radius 3 is 2.90 bits per heavy atom. The van der Waals surface area contributed by atoms with Crippen LogP contribution >= 0.6 is 12.4 Å². The van der Waals surface area contributed by atoms with E-state index in [0.717, 1.165) is 0 Å². The van der Waals surface area contributed by atoms with Crippen LogP contribution in [0, 0.1) is 5.82 Å². The van der Waals surface area contributed by atoms with E-state index in [-0.39, 0.29) is 55.5 Å². The number of aromatic nitrogens is 2. The van der Waals surface area contributed by atoms with Crippen LogP contribution in [0.25, 0.3) is 0 Å². The van der Waals surface area contributed by atoms with Gasteiger partial charge in [0.15, 0.2) is 18.2 Å². The first-order valence-electron chi connectivity index (χ1n) is 5.84. The van der Waals surface area contributed by atoms with Gasteiger partial charge in [-0.05, 0) is 12.1 Å². The minimum absolute atomic E-state index is 0. The van der Waals surface area contributed by atoms with E-state index >= 15 is 0 Å². The van der Waals surface area contributed by atoms with E-state index in [4.69, 9.17) is 15.0 Å². The number of ether oxygens (including phenoxy) is 1. The molecule has 0 atom stereocenters. The van der Waals surface area contributed by atoms with E-state index in [0.29, 0.717) is 0 Å². The number of nitrogens with one attached hydrogen (secondary N) is 1. The fraction of sp³-hybridized carbons (Fsp3) is 0.250. The molecule has 9 heteroatoms. The fourth-order valence-electron chi connectivity index (χ4n) is 1.37. The van der Waals surface area contributed by atoms with Crippen molar-refractivity contribution in [2.75, 3.05) is 6.54 Å². The molecule has 0 aliphatic carbocycles. The average molecular weight is 317 g/mol. The van der Waals surface area contributed by atoms with E-state index in [9.17, 15) is 9.18 Å². The summed E-state index contributed by atoms with van der Waals surface area (Å²) in [5, 5.41) is 6.13. The van der Waals surface area contributed by atoms with E-state index in [1.54, 1.807) is 12.1 Å².